The van der Waals surface area contributed by atoms with Crippen molar-refractivity contribution in [1.82, 2.24) is 4.98 Å². The Morgan fingerprint density at radius 2 is 1.07 bits per heavy atom. The fraction of sp³-hybridized carbons (Fsp3) is 0.277. The Balaban J connectivity index is 1.30. The molecule has 0 saturated heterocycles. The summed E-state index contributed by atoms with van der Waals surface area (Å²) in [5, 5.41) is 8.76. The number of fused-ring (bicyclic) bond motifs is 1. The van der Waals surface area contributed by atoms with E-state index >= 15 is 4.79 Å². The normalized spacial score (nSPS) is 17.6. The van der Waals surface area contributed by atoms with E-state index < -0.39 is 22.0 Å². The lowest BCUT2D eigenvalue weighted by Gasteiger charge is -2.44. The molecule has 1 aromatic heterocycles. The van der Waals surface area contributed by atoms with Gasteiger partial charge in [-0.3, -0.25) is 9.78 Å². The summed E-state index contributed by atoms with van der Waals surface area (Å²) in [5.41, 5.74) is 0.675. The number of carbonyl (C=O) groups is 1. The second kappa shape index (κ2) is 14.9. The lowest BCUT2D eigenvalue weighted by atomic mass is 10.0. The van der Waals surface area contributed by atoms with Crippen LogP contribution in [0.4, 0.5) is 5.69 Å². The van der Waals surface area contributed by atoms with Crippen LogP contribution in [-0.2, 0) is 13.6 Å². The van der Waals surface area contributed by atoms with Crippen LogP contribution in [0.2, 0.25) is 10.1 Å². The Morgan fingerprint density at radius 1 is 0.630 bits per heavy atom. The quantitative estimate of drug-likeness (QED) is 0.128. The van der Waals surface area contributed by atoms with Gasteiger partial charge in [-0.05, 0) is 55.3 Å². The lowest BCUT2D eigenvalue weighted by molar-refractivity contribution is -0.123. The lowest BCUT2D eigenvalue weighted by Crippen LogP contribution is -2.67. The first-order chi connectivity index (χ1) is 25.9. The summed E-state index contributed by atoms with van der Waals surface area (Å²) in [5.74, 6) is -0.102. The van der Waals surface area contributed by atoms with Crippen molar-refractivity contribution in [3.8, 4) is 0 Å². The number of aromatic nitrogens is 1. The molecular formula is C47H52N2O3Si2. The fourth-order valence-corrected chi connectivity index (χ4v) is 17.8. The summed E-state index contributed by atoms with van der Waals surface area (Å²) < 4.78 is 15.0. The van der Waals surface area contributed by atoms with Gasteiger partial charge in [0, 0.05) is 24.8 Å². The van der Waals surface area contributed by atoms with Crippen molar-refractivity contribution in [1.29, 1.82) is 0 Å². The second-order valence-electron chi connectivity index (χ2n) is 16.8. The van der Waals surface area contributed by atoms with Crippen molar-refractivity contribution in [2.45, 2.75) is 58.0 Å². The van der Waals surface area contributed by atoms with Crippen molar-refractivity contribution in [2.24, 2.45) is 11.3 Å². The summed E-state index contributed by atoms with van der Waals surface area (Å²) in [4.78, 5) is 19.7. The highest BCUT2D eigenvalue weighted by molar-refractivity contribution is 7.00. The van der Waals surface area contributed by atoms with Gasteiger partial charge in [0.05, 0.1) is 16.6 Å². The maximum atomic E-state index is 15.0. The van der Waals surface area contributed by atoms with Gasteiger partial charge in [-0.2, -0.15) is 0 Å². The Morgan fingerprint density at radius 3 is 1.54 bits per heavy atom. The molecule has 54 heavy (non-hydrogen) atoms. The highest BCUT2D eigenvalue weighted by Crippen LogP contribution is 2.55. The highest BCUT2D eigenvalue weighted by Gasteiger charge is 2.63. The SMILES string of the molecule is CC(C)(C)[Si](OCC1CC1(CO[Si](c1ccccc1)(c1ccccc1)C(C)(C)C)C(=O)Nc1cccc2cccnc12)(c1ccccc1)c1ccccc1. The van der Waals surface area contributed by atoms with Crippen LogP contribution in [0.25, 0.3) is 10.9 Å². The van der Waals surface area contributed by atoms with Crippen molar-refractivity contribution in [3.05, 3.63) is 158 Å². The van der Waals surface area contributed by atoms with Crippen LogP contribution in [0.5, 0.6) is 0 Å². The van der Waals surface area contributed by atoms with Gasteiger partial charge in [0.1, 0.15) is 0 Å². The van der Waals surface area contributed by atoms with E-state index in [-0.39, 0.29) is 28.5 Å². The van der Waals surface area contributed by atoms with E-state index in [1.165, 1.54) is 20.7 Å². The Bertz CT molecular complexity index is 2100. The van der Waals surface area contributed by atoms with E-state index in [1.807, 2.05) is 30.3 Å². The molecule has 1 fully saturated rings. The average molecular weight is 749 g/mol. The number of rotatable bonds is 12. The number of pyridine rings is 1. The van der Waals surface area contributed by atoms with Crippen LogP contribution >= 0.6 is 0 Å². The van der Waals surface area contributed by atoms with Crippen molar-refractivity contribution in [2.75, 3.05) is 18.5 Å². The largest absolute Gasteiger partial charge is 0.407 e. The first-order valence-corrected chi connectivity index (χ1v) is 22.9. The van der Waals surface area contributed by atoms with Gasteiger partial charge in [-0.25, -0.2) is 0 Å². The molecule has 0 aliphatic heterocycles. The molecule has 1 aliphatic carbocycles. The monoisotopic (exact) mass is 748 g/mol. The predicted molar refractivity (Wildman–Crippen MR) is 228 cm³/mol. The van der Waals surface area contributed by atoms with Crippen molar-refractivity contribution in [3.63, 3.8) is 0 Å². The maximum absolute atomic E-state index is 15.0. The zero-order chi connectivity index (χ0) is 38.0. The molecule has 1 amide bonds. The molecule has 0 bridgehead atoms. The van der Waals surface area contributed by atoms with Gasteiger partial charge >= 0.3 is 0 Å². The maximum Gasteiger partial charge on any atom is 0.261 e. The van der Waals surface area contributed by atoms with Gasteiger partial charge in [0.2, 0.25) is 5.91 Å². The number of carbonyl (C=O) groups excluding carboxylic acids is 1. The van der Waals surface area contributed by atoms with Crippen LogP contribution in [-0.4, -0.2) is 40.7 Å². The molecule has 0 radical (unpaired) electrons. The van der Waals surface area contributed by atoms with Crippen molar-refractivity contribution >= 4 is 59.9 Å². The van der Waals surface area contributed by atoms with Crippen LogP contribution < -0.4 is 26.1 Å². The molecule has 2 atom stereocenters. The molecule has 1 saturated carbocycles. The zero-order valence-corrected chi connectivity index (χ0v) is 34.4. The van der Waals surface area contributed by atoms with Gasteiger partial charge in [0.15, 0.2) is 0 Å². The number of amides is 1. The first kappa shape index (κ1) is 37.6. The average Bonchev–Trinajstić information content (AvgIpc) is 3.90. The molecule has 7 rings (SSSR count). The third-order valence-corrected chi connectivity index (χ3v) is 21.4. The highest BCUT2D eigenvalue weighted by atomic mass is 28.4. The molecule has 1 N–H and O–H groups in total. The van der Waals surface area contributed by atoms with Crippen LogP contribution in [0.3, 0.4) is 0 Å². The van der Waals surface area contributed by atoms with Crippen LogP contribution in [0, 0.1) is 11.3 Å². The van der Waals surface area contributed by atoms with E-state index in [9.17, 15) is 0 Å². The third kappa shape index (κ3) is 6.79. The molecule has 0 spiro atoms. The van der Waals surface area contributed by atoms with E-state index in [2.05, 4.69) is 173 Å². The summed E-state index contributed by atoms with van der Waals surface area (Å²) in [6.07, 6.45) is 2.44. The minimum atomic E-state index is -2.95. The molecule has 5 nitrogen and oxygen atoms in total. The summed E-state index contributed by atoms with van der Waals surface area (Å²) >= 11 is 0. The number of benzene rings is 5. The smallest absolute Gasteiger partial charge is 0.261 e. The summed E-state index contributed by atoms with van der Waals surface area (Å²) in [6.45, 7) is 14.5. The fourth-order valence-electron chi connectivity index (χ4n) is 8.56. The number of para-hydroxylation sites is 1. The van der Waals surface area contributed by atoms with Crippen molar-refractivity contribution < 1.29 is 13.6 Å². The second-order valence-corrected chi connectivity index (χ2v) is 25.4. The molecular weight excluding hydrogens is 697 g/mol. The molecule has 6 aromatic rings. The standard InChI is InChI=1S/C47H52N2O3Si2/c1-45(2,3)53(38-23-11-7-12-24-38,39-25-13-8-14-26-39)51-34-37-33-47(37,44(50)49-42-31-19-21-36-22-20-32-48-43(36)42)35-52-54(46(4,5)6,40-27-15-9-16-28-40)41-29-17-10-18-30-41/h7-32,37H,33-35H2,1-6H3,(H,49,50). The third-order valence-electron chi connectivity index (χ3n) is 11.4. The van der Waals surface area contributed by atoms with Crippen LogP contribution in [0.1, 0.15) is 48.0 Å². The minimum Gasteiger partial charge on any atom is -0.407 e. The molecule has 5 aromatic carbocycles. The van der Waals surface area contributed by atoms with E-state index in [0.29, 0.717) is 18.7 Å². The summed E-state index contributed by atoms with van der Waals surface area (Å²) in [6, 6.07) is 52.7. The Labute approximate surface area is 323 Å². The number of hydrogen-bond acceptors (Lipinski definition) is 4. The van der Waals surface area contributed by atoms with E-state index in [0.717, 1.165) is 10.9 Å². The first-order valence-electron chi connectivity index (χ1n) is 19.1. The molecule has 1 aliphatic rings. The zero-order valence-electron chi connectivity index (χ0n) is 32.4. The number of hydrogen-bond donors (Lipinski definition) is 1. The minimum absolute atomic E-state index is 0.0466. The molecule has 2 unspecified atom stereocenters. The number of nitrogens with zero attached hydrogens (tertiary/aromatic N) is 1. The molecule has 276 valence electrons. The number of anilines is 1. The predicted octanol–water partition coefficient (Wildman–Crippen LogP) is 8.33. The topological polar surface area (TPSA) is 60.5 Å². The van der Waals surface area contributed by atoms with Gasteiger partial charge < -0.3 is 14.2 Å². The number of nitrogens with one attached hydrogen (secondary N) is 1. The molecule has 1 heterocycles. The van der Waals surface area contributed by atoms with E-state index in [4.69, 9.17) is 8.85 Å². The summed E-state index contributed by atoms with van der Waals surface area (Å²) in [7, 11) is -5.80. The van der Waals surface area contributed by atoms with Gasteiger partial charge in [-0.1, -0.05) is 181 Å². The van der Waals surface area contributed by atoms with Gasteiger partial charge in [0.25, 0.3) is 16.6 Å². The van der Waals surface area contributed by atoms with Crippen LogP contribution in [0.15, 0.2) is 158 Å². The molecule has 7 heteroatoms. The van der Waals surface area contributed by atoms with E-state index in [1.54, 1.807) is 6.20 Å². The Kier molecular flexibility index (Phi) is 10.4. The Hall–Kier alpha value is -4.67. The van der Waals surface area contributed by atoms with Gasteiger partial charge in [-0.15, -0.1) is 0 Å².